The minimum absolute atomic E-state index is 0. The summed E-state index contributed by atoms with van der Waals surface area (Å²) in [7, 11) is 0. The van der Waals surface area contributed by atoms with E-state index in [1.807, 2.05) is 12.2 Å². The van der Waals surface area contributed by atoms with Crippen LogP contribution in [0.15, 0.2) is 18.2 Å². The molecule has 0 bridgehead atoms. The van der Waals surface area contributed by atoms with Gasteiger partial charge >= 0.3 is 26.2 Å². The van der Waals surface area contributed by atoms with Gasteiger partial charge in [-0.25, -0.2) is 12.2 Å². The van der Waals surface area contributed by atoms with E-state index in [-0.39, 0.29) is 26.2 Å². The second kappa shape index (κ2) is 10.4. The Morgan fingerprint density at radius 2 is 2.12 bits per heavy atom. The van der Waals surface area contributed by atoms with Gasteiger partial charge in [0, 0.05) is 0 Å². The van der Waals surface area contributed by atoms with Crippen molar-refractivity contribution in [3.05, 3.63) is 31.2 Å². The van der Waals surface area contributed by atoms with Crippen LogP contribution in [0.4, 0.5) is 0 Å². The predicted molar refractivity (Wildman–Crippen MR) is 32.6 cm³/mol. The smallest absolute Gasteiger partial charge is 0.346 e. The van der Waals surface area contributed by atoms with Crippen LogP contribution in [0.5, 0.6) is 0 Å². The third-order valence-electron chi connectivity index (χ3n) is 0.586. The van der Waals surface area contributed by atoms with E-state index in [1.165, 1.54) is 0 Å². The largest absolute Gasteiger partial charge is 2.00 e. The van der Waals surface area contributed by atoms with E-state index in [9.17, 15) is 0 Å². The monoisotopic (exact) mass is 184 g/mol. The van der Waals surface area contributed by atoms with Crippen LogP contribution >= 0.6 is 0 Å². The summed E-state index contributed by atoms with van der Waals surface area (Å²) >= 11 is 0. The van der Waals surface area contributed by atoms with Crippen molar-refractivity contribution < 1.29 is 26.2 Å². The van der Waals surface area contributed by atoms with Crippen LogP contribution in [0.25, 0.3) is 0 Å². The van der Waals surface area contributed by atoms with Crippen LogP contribution in [0, 0.1) is 13.0 Å². The van der Waals surface area contributed by atoms with Crippen LogP contribution < -0.4 is 0 Å². The quantitative estimate of drug-likeness (QED) is 0.507. The van der Waals surface area contributed by atoms with Gasteiger partial charge in [0.2, 0.25) is 0 Å². The molecular formula is C7H10Zr. The van der Waals surface area contributed by atoms with Crippen LogP contribution in [-0.2, 0) is 26.2 Å². The normalized spacial score (nSPS) is 11.8. The van der Waals surface area contributed by atoms with Gasteiger partial charge in [-0.1, -0.05) is 0 Å². The molecule has 0 amide bonds. The summed E-state index contributed by atoms with van der Waals surface area (Å²) in [5.41, 5.74) is 0. The van der Waals surface area contributed by atoms with E-state index in [0.717, 1.165) is 6.42 Å². The van der Waals surface area contributed by atoms with Gasteiger partial charge < -0.3 is 6.92 Å². The minimum Gasteiger partial charge on any atom is -0.346 e. The molecule has 0 heterocycles. The Labute approximate surface area is 70.8 Å². The molecule has 0 spiro atoms. The fourth-order valence-electron chi connectivity index (χ4n) is 0.340. The van der Waals surface area contributed by atoms with Gasteiger partial charge in [-0.15, -0.1) is 6.42 Å². The maximum Gasteiger partial charge on any atom is 2.00 e. The fourth-order valence-corrected chi connectivity index (χ4v) is 0.340. The van der Waals surface area contributed by atoms with Crippen molar-refractivity contribution in [3.8, 4) is 0 Å². The van der Waals surface area contributed by atoms with Gasteiger partial charge in [0.25, 0.3) is 0 Å². The summed E-state index contributed by atoms with van der Waals surface area (Å²) < 4.78 is 0. The van der Waals surface area contributed by atoms with E-state index in [4.69, 9.17) is 0 Å². The number of rotatable bonds is 0. The summed E-state index contributed by atoms with van der Waals surface area (Å²) in [6, 6.07) is 0. The van der Waals surface area contributed by atoms with Crippen molar-refractivity contribution in [3.63, 3.8) is 0 Å². The Morgan fingerprint density at radius 1 is 1.50 bits per heavy atom. The second-order valence-electron chi connectivity index (χ2n) is 1.00. The number of hydrogen-bond donors (Lipinski definition) is 0. The summed E-state index contributed by atoms with van der Waals surface area (Å²) in [5, 5.41) is 0. The molecule has 0 saturated carbocycles. The molecule has 0 saturated heterocycles. The standard InChI is InChI=1S/C5H5.C2H5.Zr/c1-2-4-5-3-1;1-2;/h1-3H,4H2;1H2,2H3;/q2*-1;+2. The van der Waals surface area contributed by atoms with Gasteiger partial charge in [0.15, 0.2) is 0 Å². The molecule has 0 aromatic rings. The van der Waals surface area contributed by atoms with Gasteiger partial charge in [0.1, 0.15) is 0 Å². The fraction of sp³-hybridized carbons (Fsp3) is 0.286. The zero-order chi connectivity index (χ0) is 5.54. The molecule has 0 aromatic carbocycles. The summed E-state index contributed by atoms with van der Waals surface area (Å²) in [4.78, 5) is 0. The van der Waals surface area contributed by atoms with Crippen LogP contribution in [0.3, 0.4) is 0 Å². The van der Waals surface area contributed by atoms with Crippen molar-refractivity contribution in [2.24, 2.45) is 0 Å². The van der Waals surface area contributed by atoms with Gasteiger partial charge in [-0.3, -0.25) is 6.08 Å². The van der Waals surface area contributed by atoms with Crippen LogP contribution in [0.1, 0.15) is 13.3 Å². The zero-order valence-electron chi connectivity index (χ0n) is 5.15. The average molecular weight is 185 g/mol. The van der Waals surface area contributed by atoms with E-state index < -0.39 is 0 Å². The molecule has 0 fully saturated rings. The molecule has 1 rings (SSSR count). The molecule has 0 aromatic heterocycles. The second-order valence-corrected chi connectivity index (χ2v) is 1.00. The SMILES string of the molecule is [C-]1=CC=CC1.[CH2-]C.[Zr+2]. The maximum atomic E-state index is 3.25. The molecule has 1 heteroatoms. The molecule has 42 valence electrons. The van der Waals surface area contributed by atoms with Crippen molar-refractivity contribution in [1.29, 1.82) is 0 Å². The first kappa shape index (κ1) is 11.2. The molecule has 0 aliphatic heterocycles. The third kappa shape index (κ3) is 6.36. The van der Waals surface area contributed by atoms with Gasteiger partial charge in [0.05, 0.1) is 0 Å². The van der Waals surface area contributed by atoms with Gasteiger partial charge in [-0.05, 0) is 0 Å². The molecule has 0 unspecified atom stereocenters. The first-order valence-corrected chi connectivity index (χ1v) is 2.42. The van der Waals surface area contributed by atoms with Crippen molar-refractivity contribution in [2.45, 2.75) is 13.3 Å². The van der Waals surface area contributed by atoms with Crippen molar-refractivity contribution in [2.75, 3.05) is 0 Å². The maximum absolute atomic E-state index is 3.25. The zero-order valence-corrected chi connectivity index (χ0v) is 7.60. The molecule has 1 aliphatic carbocycles. The molecule has 0 N–H and O–H groups in total. The van der Waals surface area contributed by atoms with E-state index in [0.29, 0.717) is 0 Å². The Hall–Kier alpha value is 0.363. The molecule has 8 heavy (non-hydrogen) atoms. The minimum atomic E-state index is 0. The molecular weight excluding hydrogens is 175 g/mol. The number of hydrogen-bond acceptors (Lipinski definition) is 0. The van der Waals surface area contributed by atoms with E-state index in [1.54, 1.807) is 6.92 Å². The Bertz CT molecular complexity index is 62.5. The van der Waals surface area contributed by atoms with Crippen LogP contribution in [-0.4, -0.2) is 0 Å². The van der Waals surface area contributed by atoms with E-state index >= 15 is 0 Å². The first-order valence-electron chi connectivity index (χ1n) is 2.42. The average Bonchev–Trinajstić information content (AvgIpc) is 2.23. The summed E-state index contributed by atoms with van der Waals surface area (Å²) in [6.45, 7) is 5.00. The molecule has 0 atom stereocenters. The van der Waals surface area contributed by atoms with Crippen LogP contribution in [0.2, 0.25) is 0 Å². The Balaban J connectivity index is 0. The first-order chi connectivity index (χ1) is 3.50. The number of allylic oxidation sites excluding steroid dienone is 4. The van der Waals surface area contributed by atoms with E-state index in [2.05, 4.69) is 19.1 Å². The Kier molecular flexibility index (Phi) is 14.5. The molecule has 0 radical (unpaired) electrons. The summed E-state index contributed by atoms with van der Waals surface area (Å²) in [5.74, 6) is 0. The van der Waals surface area contributed by atoms with Crippen molar-refractivity contribution >= 4 is 0 Å². The topological polar surface area (TPSA) is 0 Å². The van der Waals surface area contributed by atoms with Gasteiger partial charge in [-0.2, -0.15) is 13.0 Å². The Morgan fingerprint density at radius 3 is 2.25 bits per heavy atom. The third-order valence-corrected chi connectivity index (χ3v) is 0.586. The van der Waals surface area contributed by atoms with Crippen molar-refractivity contribution in [1.82, 2.24) is 0 Å². The molecule has 1 aliphatic rings. The summed E-state index contributed by atoms with van der Waals surface area (Å²) in [6.07, 6.45) is 10.0. The predicted octanol–water partition coefficient (Wildman–Crippen LogP) is 2.14. The molecule has 0 nitrogen and oxygen atoms in total.